The van der Waals surface area contributed by atoms with Gasteiger partial charge >= 0.3 is 0 Å². The van der Waals surface area contributed by atoms with Gasteiger partial charge in [-0.3, -0.25) is 4.79 Å². The fourth-order valence-electron chi connectivity index (χ4n) is 4.18. The molecule has 3 rings (SSSR count). The van der Waals surface area contributed by atoms with Crippen molar-refractivity contribution in [3.63, 3.8) is 0 Å². The minimum Gasteiger partial charge on any atom is -0.396 e. The molecule has 3 nitrogen and oxygen atoms in total. The van der Waals surface area contributed by atoms with Crippen molar-refractivity contribution in [2.75, 3.05) is 19.8 Å². The van der Waals surface area contributed by atoms with Gasteiger partial charge in [0, 0.05) is 35.5 Å². The number of hydrogen-bond acceptors (Lipinski definition) is 4. The molecule has 0 bridgehead atoms. The van der Waals surface area contributed by atoms with Crippen LogP contribution in [0.5, 0.6) is 0 Å². The van der Waals surface area contributed by atoms with Crippen molar-refractivity contribution >= 4 is 22.9 Å². The Bertz CT molecular complexity index is 802. The maximum atomic E-state index is 12.6. The highest BCUT2D eigenvalue weighted by atomic mass is 32.1. The molecule has 0 spiro atoms. The molecule has 0 aliphatic carbocycles. The predicted octanol–water partition coefficient (Wildman–Crippen LogP) is 4.29. The Morgan fingerprint density at radius 2 is 1.89 bits per heavy atom. The first-order chi connectivity index (χ1) is 13.1. The van der Waals surface area contributed by atoms with E-state index in [4.69, 9.17) is 17.0 Å². The molecule has 1 fully saturated rings. The third kappa shape index (κ3) is 4.34. The first-order valence-corrected chi connectivity index (χ1v) is 9.82. The molecule has 2 aromatic carbocycles. The Morgan fingerprint density at radius 1 is 1.19 bits per heavy atom. The summed E-state index contributed by atoms with van der Waals surface area (Å²) in [6, 6.07) is 17.5. The van der Waals surface area contributed by atoms with Gasteiger partial charge in [0.1, 0.15) is 0 Å². The lowest BCUT2D eigenvalue weighted by atomic mass is 9.64. The summed E-state index contributed by atoms with van der Waals surface area (Å²) >= 11 is 5.67. The Balaban J connectivity index is 1.87. The number of Topliss-reactive ketones (excluding diaryl/α,β-unsaturated/α-hetero) is 1. The van der Waals surface area contributed by atoms with E-state index < -0.39 is 0 Å². The first kappa shape index (κ1) is 19.9. The number of aliphatic hydroxyl groups is 1. The van der Waals surface area contributed by atoms with Crippen molar-refractivity contribution in [2.24, 2.45) is 5.92 Å². The third-order valence-electron chi connectivity index (χ3n) is 5.62. The molecule has 1 aliphatic rings. The van der Waals surface area contributed by atoms with Crippen LogP contribution in [-0.4, -0.2) is 35.6 Å². The predicted molar refractivity (Wildman–Crippen MR) is 111 cm³/mol. The minimum atomic E-state index is -0.383. The lowest BCUT2D eigenvalue weighted by Crippen LogP contribution is -2.47. The van der Waals surface area contributed by atoms with E-state index in [9.17, 15) is 9.90 Å². The molecule has 1 heterocycles. The standard InChI is InChI=1S/C23H26O3S/c1-17-7-5-6-10-21(17)23(16-26-12-11-19(23)15-24)14-20(27)13-22(25)18-8-3-2-4-9-18/h2-10,19,24H,11-16H2,1H3/t19-,23+/m0/s1. The summed E-state index contributed by atoms with van der Waals surface area (Å²) in [7, 11) is 0. The molecule has 2 atom stereocenters. The zero-order valence-corrected chi connectivity index (χ0v) is 16.5. The van der Waals surface area contributed by atoms with Crippen LogP contribution in [-0.2, 0) is 10.2 Å². The van der Waals surface area contributed by atoms with Crippen LogP contribution in [0, 0.1) is 12.8 Å². The summed E-state index contributed by atoms with van der Waals surface area (Å²) in [6.07, 6.45) is 1.60. The highest BCUT2D eigenvalue weighted by Gasteiger charge is 2.44. The second-order valence-electron chi connectivity index (χ2n) is 7.37. The molecule has 0 amide bonds. The fraction of sp³-hybridized carbons (Fsp3) is 0.391. The highest BCUT2D eigenvalue weighted by Crippen LogP contribution is 2.43. The topological polar surface area (TPSA) is 46.5 Å². The van der Waals surface area contributed by atoms with Gasteiger partial charge < -0.3 is 9.84 Å². The molecule has 1 saturated heterocycles. The normalized spacial score (nSPS) is 22.4. The average Bonchev–Trinajstić information content (AvgIpc) is 2.69. The van der Waals surface area contributed by atoms with Crippen LogP contribution < -0.4 is 0 Å². The van der Waals surface area contributed by atoms with Gasteiger partial charge in [-0.05, 0) is 36.8 Å². The van der Waals surface area contributed by atoms with Crippen LogP contribution in [0.4, 0.5) is 0 Å². The second-order valence-corrected chi connectivity index (χ2v) is 7.95. The van der Waals surface area contributed by atoms with Crippen LogP contribution in [0.25, 0.3) is 0 Å². The third-order valence-corrected chi connectivity index (χ3v) is 5.91. The maximum absolute atomic E-state index is 12.6. The van der Waals surface area contributed by atoms with Crippen LogP contribution in [0.1, 0.15) is 40.7 Å². The molecular weight excluding hydrogens is 356 g/mol. The Kier molecular flexibility index (Phi) is 6.53. The van der Waals surface area contributed by atoms with E-state index in [0.717, 1.165) is 11.3 Å². The molecule has 0 saturated carbocycles. The molecule has 1 N–H and O–H groups in total. The van der Waals surface area contributed by atoms with Gasteiger partial charge in [0.15, 0.2) is 5.78 Å². The second kappa shape index (κ2) is 8.87. The van der Waals surface area contributed by atoms with Gasteiger partial charge in [0.25, 0.3) is 0 Å². The molecule has 0 unspecified atom stereocenters. The summed E-state index contributed by atoms with van der Waals surface area (Å²) in [5, 5.41) is 10.1. The maximum Gasteiger partial charge on any atom is 0.167 e. The monoisotopic (exact) mass is 382 g/mol. The van der Waals surface area contributed by atoms with Gasteiger partial charge in [0.05, 0.1) is 6.61 Å². The number of carbonyl (C=O) groups is 1. The Labute approximate surface area is 166 Å². The van der Waals surface area contributed by atoms with Crippen LogP contribution in [0.3, 0.4) is 0 Å². The number of ketones is 1. The summed E-state index contributed by atoms with van der Waals surface area (Å²) in [4.78, 5) is 13.3. The quantitative estimate of drug-likeness (QED) is 0.573. The minimum absolute atomic E-state index is 0.0396. The van der Waals surface area contributed by atoms with E-state index in [2.05, 4.69) is 19.1 Å². The average molecular weight is 383 g/mol. The molecule has 1 aliphatic heterocycles. The number of hydrogen-bond donors (Lipinski definition) is 1. The van der Waals surface area contributed by atoms with Gasteiger partial charge in [-0.25, -0.2) is 0 Å². The van der Waals surface area contributed by atoms with Crippen molar-refractivity contribution in [3.05, 3.63) is 71.3 Å². The van der Waals surface area contributed by atoms with Gasteiger partial charge in [-0.15, -0.1) is 0 Å². The smallest absolute Gasteiger partial charge is 0.167 e. The highest BCUT2D eigenvalue weighted by molar-refractivity contribution is 7.80. The molecule has 2 aromatic rings. The fourth-order valence-corrected chi connectivity index (χ4v) is 4.57. The Morgan fingerprint density at radius 3 is 2.59 bits per heavy atom. The Hall–Kier alpha value is -1.88. The molecule has 4 heteroatoms. The number of thiocarbonyl (C=S) groups is 1. The molecule has 0 aromatic heterocycles. The molecule has 0 radical (unpaired) electrons. The van der Waals surface area contributed by atoms with E-state index in [1.54, 1.807) is 0 Å². The van der Waals surface area contributed by atoms with E-state index in [1.165, 1.54) is 11.1 Å². The summed E-state index contributed by atoms with van der Waals surface area (Å²) in [5.41, 5.74) is 2.63. The van der Waals surface area contributed by atoms with Crippen LogP contribution in [0.15, 0.2) is 54.6 Å². The molecular formula is C23H26O3S. The lowest BCUT2D eigenvalue weighted by molar-refractivity contribution is -0.0227. The summed E-state index contributed by atoms with van der Waals surface area (Å²) < 4.78 is 5.86. The van der Waals surface area contributed by atoms with Crippen molar-refractivity contribution in [2.45, 2.75) is 31.6 Å². The van der Waals surface area contributed by atoms with E-state index in [0.29, 0.717) is 25.2 Å². The van der Waals surface area contributed by atoms with E-state index in [1.807, 2.05) is 42.5 Å². The van der Waals surface area contributed by atoms with Crippen LogP contribution >= 0.6 is 12.2 Å². The number of aryl methyl sites for hydroxylation is 1. The SMILES string of the molecule is Cc1ccccc1[C@]1(CC(=S)CC(=O)c2ccccc2)COCC[C@H]1CO. The van der Waals surface area contributed by atoms with Crippen molar-refractivity contribution in [1.82, 2.24) is 0 Å². The lowest BCUT2D eigenvalue weighted by Gasteiger charge is -2.44. The number of aliphatic hydroxyl groups excluding tert-OH is 1. The number of benzene rings is 2. The van der Waals surface area contributed by atoms with Gasteiger partial charge in [-0.1, -0.05) is 66.8 Å². The largest absolute Gasteiger partial charge is 0.396 e. The number of carbonyl (C=O) groups excluding carboxylic acids is 1. The molecule has 142 valence electrons. The van der Waals surface area contributed by atoms with Gasteiger partial charge in [-0.2, -0.15) is 0 Å². The zero-order chi connectivity index (χ0) is 19.3. The summed E-state index contributed by atoms with van der Waals surface area (Å²) in [6.45, 7) is 3.34. The van der Waals surface area contributed by atoms with Crippen molar-refractivity contribution in [1.29, 1.82) is 0 Å². The summed E-state index contributed by atoms with van der Waals surface area (Å²) in [5.74, 6) is 0.106. The van der Waals surface area contributed by atoms with Crippen molar-refractivity contribution < 1.29 is 14.6 Å². The zero-order valence-electron chi connectivity index (χ0n) is 15.7. The van der Waals surface area contributed by atoms with Crippen molar-refractivity contribution in [3.8, 4) is 0 Å². The van der Waals surface area contributed by atoms with Gasteiger partial charge in [0.2, 0.25) is 0 Å². The molecule has 27 heavy (non-hydrogen) atoms. The first-order valence-electron chi connectivity index (χ1n) is 9.41. The number of rotatable bonds is 7. The van der Waals surface area contributed by atoms with E-state index in [-0.39, 0.29) is 30.1 Å². The van der Waals surface area contributed by atoms with E-state index >= 15 is 0 Å². The number of ether oxygens (including phenoxy) is 1. The van der Waals surface area contributed by atoms with Crippen LogP contribution in [0.2, 0.25) is 0 Å².